The Morgan fingerprint density at radius 2 is 1.68 bits per heavy atom. The zero-order chi connectivity index (χ0) is 21.8. The second-order valence-electron chi connectivity index (χ2n) is 8.35. The van der Waals surface area contributed by atoms with Crippen molar-refractivity contribution in [2.45, 2.75) is 32.6 Å². The molecule has 1 aliphatic rings. The highest BCUT2D eigenvalue weighted by molar-refractivity contribution is 5.89. The fraction of sp³-hybridized carbons (Fsp3) is 0.207. The summed E-state index contributed by atoms with van der Waals surface area (Å²) in [7, 11) is 0. The van der Waals surface area contributed by atoms with E-state index in [-0.39, 0.29) is 11.4 Å². The molecule has 0 fully saturated rings. The highest BCUT2D eigenvalue weighted by Crippen LogP contribution is 2.42. The third-order valence-corrected chi connectivity index (χ3v) is 5.67. The van der Waals surface area contributed by atoms with Gasteiger partial charge in [0.05, 0.1) is 12.2 Å². The van der Waals surface area contributed by atoms with E-state index >= 15 is 0 Å². The first kappa shape index (κ1) is 20.7. The lowest BCUT2D eigenvalue weighted by atomic mass is 9.70. The summed E-state index contributed by atoms with van der Waals surface area (Å²) in [6.45, 7) is 6.74. The molecule has 2 nitrogen and oxygen atoms in total. The number of benzene rings is 3. The van der Waals surface area contributed by atoms with Crippen LogP contribution < -0.4 is 0 Å². The van der Waals surface area contributed by atoms with Crippen LogP contribution in [0.5, 0.6) is 0 Å². The van der Waals surface area contributed by atoms with E-state index < -0.39 is 0 Å². The maximum Gasteiger partial charge on any atom is 0.338 e. The molecule has 1 aliphatic carbocycles. The van der Waals surface area contributed by atoms with Gasteiger partial charge in [-0.3, -0.25) is 0 Å². The van der Waals surface area contributed by atoms with Crippen LogP contribution in [0.4, 0.5) is 0 Å². The summed E-state index contributed by atoms with van der Waals surface area (Å²) in [5.74, 6) is 6.37. The summed E-state index contributed by atoms with van der Waals surface area (Å²) in [6.07, 6.45) is 3.32. The molecule has 3 aromatic carbocycles. The van der Waals surface area contributed by atoms with Crippen LogP contribution in [0.15, 0.2) is 78.9 Å². The summed E-state index contributed by atoms with van der Waals surface area (Å²) >= 11 is 0. The van der Waals surface area contributed by atoms with Crippen molar-refractivity contribution in [2.24, 2.45) is 0 Å². The monoisotopic (exact) mass is 406 g/mol. The number of ether oxygens (including phenoxy) is 1. The summed E-state index contributed by atoms with van der Waals surface area (Å²) in [4.78, 5) is 11.9. The third kappa shape index (κ3) is 4.32. The standard InChI is InChI=1S/C29H26O2/c1-4-31-28(30)24-17-14-21(15-18-24)13-16-23-11-8-12-26-25(22-9-6-5-7-10-22)19-20-29(2,3)27(23)26/h5-12,14-15,17-19H,4,20H2,1-3H3. The van der Waals surface area contributed by atoms with Gasteiger partial charge in [0.25, 0.3) is 0 Å². The van der Waals surface area contributed by atoms with Crippen molar-refractivity contribution in [1.29, 1.82) is 0 Å². The second kappa shape index (κ2) is 8.66. The van der Waals surface area contributed by atoms with Gasteiger partial charge in [-0.1, -0.05) is 74.2 Å². The highest BCUT2D eigenvalue weighted by atomic mass is 16.5. The van der Waals surface area contributed by atoms with Crippen LogP contribution in [0.25, 0.3) is 5.57 Å². The van der Waals surface area contributed by atoms with E-state index in [4.69, 9.17) is 4.74 Å². The zero-order valence-electron chi connectivity index (χ0n) is 18.2. The Labute approximate surface area is 184 Å². The molecule has 4 rings (SSSR count). The molecule has 0 aliphatic heterocycles. The van der Waals surface area contributed by atoms with E-state index in [1.54, 1.807) is 19.1 Å². The Bertz CT molecular complexity index is 1190. The first-order chi connectivity index (χ1) is 15.0. The van der Waals surface area contributed by atoms with Crippen molar-refractivity contribution in [3.63, 3.8) is 0 Å². The molecule has 0 N–H and O–H groups in total. The first-order valence-electron chi connectivity index (χ1n) is 10.7. The van der Waals surface area contributed by atoms with Crippen LogP contribution in [0.2, 0.25) is 0 Å². The van der Waals surface area contributed by atoms with Crippen LogP contribution in [0.1, 0.15) is 65.4 Å². The Kier molecular flexibility index (Phi) is 5.78. The lowest BCUT2D eigenvalue weighted by Gasteiger charge is -2.33. The molecule has 154 valence electrons. The molecule has 0 saturated heterocycles. The van der Waals surface area contributed by atoms with Crippen molar-refractivity contribution < 1.29 is 9.53 Å². The number of carbonyl (C=O) groups excluding carboxylic acids is 1. The molecular weight excluding hydrogens is 380 g/mol. The van der Waals surface area contributed by atoms with E-state index in [0.29, 0.717) is 12.2 Å². The Balaban J connectivity index is 1.71. The number of hydrogen-bond donors (Lipinski definition) is 0. The van der Waals surface area contributed by atoms with Crippen molar-refractivity contribution in [3.05, 3.63) is 112 Å². The fourth-order valence-corrected chi connectivity index (χ4v) is 4.11. The quantitative estimate of drug-likeness (QED) is 0.373. The van der Waals surface area contributed by atoms with Gasteiger partial charge in [-0.25, -0.2) is 4.79 Å². The smallest absolute Gasteiger partial charge is 0.338 e. The average Bonchev–Trinajstić information content (AvgIpc) is 2.78. The van der Waals surface area contributed by atoms with Crippen molar-refractivity contribution in [1.82, 2.24) is 0 Å². The molecule has 2 heteroatoms. The summed E-state index contributed by atoms with van der Waals surface area (Å²) in [5, 5.41) is 0. The summed E-state index contributed by atoms with van der Waals surface area (Å²) < 4.78 is 5.05. The molecule has 0 bridgehead atoms. The predicted molar refractivity (Wildman–Crippen MR) is 126 cm³/mol. The molecule has 0 radical (unpaired) electrons. The number of esters is 1. The Morgan fingerprint density at radius 1 is 0.935 bits per heavy atom. The maximum atomic E-state index is 11.9. The minimum atomic E-state index is -0.305. The van der Waals surface area contributed by atoms with E-state index in [1.807, 2.05) is 18.2 Å². The fourth-order valence-electron chi connectivity index (χ4n) is 4.11. The minimum absolute atomic E-state index is 0.00660. The number of carbonyl (C=O) groups is 1. The lowest BCUT2D eigenvalue weighted by Crippen LogP contribution is -2.23. The number of hydrogen-bond acceptors (Lipinski definition) is 2. The van der Waals surface area contributed by atoms with Gasteiger partial charge in [0.2, 0.25) is 0 Å². The molecule has 0 aromatic heterocycles. The van der Waals surface area contributed by atoms with Crippen molar-refractivity contribution in [3.8, 4) is 11.8 Å². The zero-order valence-corrected chi connectivity index (χ0v) is 18.2. The van der Waals surface area contributed by atoms with Crippen molar-refractivity contribution >= 4 is 11.5 Å². The van der Waals surface area contributed by atoms with Gasteiger partial charge in [-0.15, -0.1) is 0 Å². The van der Waals surface area contributed by atoms with E-state index in [9.17, 15) is 4.79 Å². The Hall–Kier alpha value is -3.57. The van der Waals surface area contributed by atoms with E-state index in [2.05, 4.69) is 74.2 Å². The van der Waals surface area contributed by atoms with Gasteiger partial charge < -0.3 is 4.74 Å². The van der Waals surface area contributed by atoms with E-state index in [0.717, 1.165) is 17.5 Å². The Morgan fingerprint density at radius 3 is 2.39 bits per heavy atom. The normalized spacial score (nSPS) is 14.0. The molecule has 0 amide bonds. The highest BCUT2D eigenvalue weighted by Gasteiger charge is 2.30. The molecule has 31 heavy (non-hydrogen) atoms. The molecule has 0 saturated carbocycles. The van der Waals surface area contributed by atoms with Gasteiger partial charge in [0.1, 0.15) is 0 Å². The third-order valence-electron chi connectivity index (χ3n) is 5.67. The molecular formula is C29H26O2. The van der Waals surface area contributed by atoms with Crippen LogP contribution in [-0.4, -0.2) is 12.6 Å². The number of fused-ring (bicyclic) bond motifs is 1. The van der Waals surface area contributed by atoms with Crippen LogP contribution in [0, 0.1) is 11.8 Å². The lowest BCUT2D eigenvalue weighted by molar-refractivity contribution is 0.0526. The summed E-state index contributed by atoms with van der Waals surface area (Å²) in [5.41, 5.74) is 7.54. The SMILES string of the molecule is CCOC(=O)c1ccc(C#Cc2cccc3c2C(C)(C)CC=C3c2ccccc2)cc1. The minimum Gasteiger partial charge on any atom is -0.462 e. The molecule has 0 spiro atoms. The second-order valence-corrected chi connectivity index (χ2v) is 8.35. The van der Waals surface area contributed by atoms with Gasteiger partial charge in [0.15, 0.2) is 0 Å². The molecule has 0 atom stereocenters. The van der Waals surface area contributed by atoms with Gasteiger partial charge >= 0.3 is 5.97 Å². The van der Waals surface area contributed by atoms with Crippen LogP contribution >= 0.6 is 0 Å². The number of allylic oxidation sites excluding steroid dienone is 1. The van der Waals surface area contributed by atoms with Crippen LogP contribution in [0.3, 0.4) is 0 Å². The first-order valence-corrected chi connectivity index (χ1v) is 10.7. The van der Waals surface area contributed by atoms with Gasteiger partial charge in [-0.05, 0) is 71.4 Å². The predicted octanol–water partition coefficient (Wildman–Crippen LogP) is 6.38. The topological polar surface area (TPSA) is 26.3 Å². The van der Waals surface area contributed by atoms with Gasteiger partial charge in [0, 0.05) is 11.1 Å². The molecule has 3 aromatic rings. The van der Waals surface area contributed by atoms with Crippen LogP contribution in [-0.2, 0) is 10.2 Å². The average molecular weight is 407 g/mol. The summed E-state index contributed by atoms with van der Waals surface area (Å²) in [6, 6.07) is 24.2. The van der Waals surface area contributed by atoms with E-state index in [1.165, 1.54) is 22.3 Å². The number of rotatable bonds is 3. The van der Waals surface area contributed by atoms with Crippen molar-refractivity contribution in [2.75, 3.05) is 6.61 Å². The molecule has 0 unspecified atom stereocenters. The maximum absolute atomic E-state index is 11.9. The largest absolute Gasteiger partial charge is 0.462 e. The van der Waals surface area contributed by atoms with Gasteiger partial charge in [-0.2, -0.15) is 0 Å². The molecule has 0 heterocycles.